The standard InChI is InChI=1S/C39H56N4O11/c1-9-51-37(47)52-33-20-19-31(42(33)24-29-13-11-10-12-14-29)25-40(26-34(44)53-38(2,3)4)21-22-41(27-35(45)54-39(5,6)7)32(36(46)50-8)23-28-15-17-30(18-16-28)43(48)49/h10-18,31-33H,9,19-27H2,1-8H3/t31-,32+,33+/m0/s1. The smallest absolute Gasteiger partial charge is 0.468 e. The third kappa shape index (κ3) is 15.0. The van der Waals surface area contributed by atoms with E-state index in [1.54, 1.807) is 65.5 Å². The molecular formula is C39H56N4O11. The summed E-state index contributed by atoms with van der Waals surface area (Å²) in [6, 6.07) is 14.5. The highest BCUT2D eigenvalue weighted by atomic mass is 16.7. The van der Waals surface area contributed by atoms with E-state index in [0.29, 0.717) is 31.5 Å². The number of carbonyl (C=O) groups excluding carboxylic acids is 4. The Bertz CT molecular complexity index is 1540. The van der Waals surface area contributed by atoms with Gasteiger partial charge in [-0.05, 0) is 72.4 Å². The molecule has 1 heterocycles. The number of hydrogen-bond donors (Lipinski definition) is 0. The number of rotatable bonds is 18. The fourth-order valence-corrected chi connectivity index (χ4v) is 6.23. The van der Waals surface area contributed by atoms with Crippen molar-refractivity contribution in [1.82, 2.24) is 14.7 Å². The van der Waals surface area contributed by atoms with Crippen LogP contribution in [0.3, 0.4) is 0 Å². The minimum atomic E-state index is -0.976. The van der Waals surface area contributed by atoms with Crippen LogP contribution in [0, 0.1) is 10.1 Å². The van der Waals surface area contributed by atoms with Gasteiger partial charge in [-0.25, -0.2) is 4.79 Å². The third-order valence-corrected chi connectivity index (χ3v) is 8.48. The Morgan fingerprint density at radius 1 is 0.870 bits per heavy atom. The van der Waals surface area contributed by atoms with Gasteiger partial charge < -0.3 is 23.7 Å². The van der Waals surface area contributed by atoms with Gasteiger partial charge in [0.2, 0.25) is 0 Å². The quantitative estimate of drug-likeness (QED) is 0.0850. The van der Waals surface area contributed by atoms with E-state index in [2.05, 4.69) is 4.90 Å². The maximum Gasteiger partial charge on any atom is 0.509 e. The van der Waals surface area contributed by atoms with Crippen LogP contribution in [0.5, 0.6) is 0 Å². The number of hydrogen-bond acceptors (Lipinski definition) is 14. The van der Waals surface area contributed by atoms with Gasteiger partial charge in [0.25, 0.3) is 5.69 Å². The molecule has 298 valence electrons. The van der Waals surface area contributed by atoms with Gasteiger partial charge in [0, 0.05) is 50.8 Å². The average molecular weight is 757 g/mol. The van der Waals surface area contributed by atoms with Crippen molar-refractivity contribution < 1.29 is 47.8 Å². The SMILES string of the molecule is CCOC(=O)O[C@@H]1CC[C@@H](CN(CCN(CC(=O)OC(C)(C)C)[C@H](Cc2ccc([N+](=O)[O-])cc2)C(=O)OC)CC(=O)OC(C)(C)C)N1Cc1ccccc1. The fourth-order valence-electron chi connectivity index (χ4n) is 6.23. The molecule has 0 aromatic heterocycles. The van der Waals surface area contributed by atoms with Crippen LogP contribution in [0.25, 0.3) is 0 Å². The normalized spacial score (nSPS) is 16.9. The van der Waals surface area contributed by atoms with Crippen molar-refractivity contribution in [1.29, 1.82) is 0 Å². The van der Waals surface area contributed by atoms with E-state index >= 15 is 0 Å². The summed E-state index contributed by atoms with van der Waals surface area (Å²) >= 11 is 0. The molecule has 1 fully saturated rings. The fraction of sp³-hybridized carbons (Fsp3) is 0.590. The number of methoxy groups -OCH3 is 1. The van der Waals surface area contributed by atoms with Crippen molar-refractivity contribution in [2.75, 3.05) is 46.4 Å². The van der Waals surface area contributed by atoms with Crippen molar-refractivity contribution in [3.8, 4) is 0 Å². The molecule has 0 amide bonds. The molecule has 0 N–H and O–H groups in total. The minimum absolute atomic E-state index is 0.0832. The molecule has 1 aliphatic rings. The molecule has 1 saturated heterocycles. The van der Waals surface area contributed by atoms with Crippen LogP contribution in [0.1, 0.15) is 72.4 Å². The first kappa shape index (κ1) is 43.8. The average Bonchev–Trinajstić information content (AvgIpc) is 3.43. The van der Waals surface area contributed by atoms with Crippen molar-refractivity contribution in [2.24, 2.45) is 0 Å². The van der Waals surface area contributed by atoms with Crippen LogP contribution >= 0.6 is 0 Å². The molecule has 0 saturated carbocycles. The zero-order chi connectivity index (χ0) is 40.1. The summed E-state index contributed by atoms with van der Waals surface area (Å²) < 4.78 is 27.3. The van der Waals surface area contributed by atoms with Crippen LogP contribution < -0.4 is 0 Å². The van der Waals surface area contributed by atoms with E-state index in [9.17, 15) is 29.3 Å². The van der Waals surface area contributed by atoms with E-state index in [4.69, 9.17) is 23.7 Å². The lowest BCUT2D eigenvalue weighted by atomic mass is 10.0. The van der Waals surface area contributed by atoms with Gasteiger partial charge in [0.1, 0.15) is 17.2 Å². The second-order valence-electron chi connectivity index (χ2n) is 15.2. The highest BCUT2D eigenvalue weighted by molar-refractivity contribution is 5.78. The number of nitro benzene ring substituents is 1. The summed E-state index contributed by atoms with van der Waals surface area (Å²) in [5, 5.41) is 11.3. The Balaban J connectivity index is 1.95. The summed E-state index contributed by atoms with van der Waals surface area (Å²) in [6.45, 7) is 13.3. The predicted octanol–water partition coefficient (Wildman–Crippen LogP) is 5.13. The van der Waals surface area contributed by atoms with E-state index in [0.717, 1.165) is 5.56 Å². The molecule has 15 nitrogen and oxygen atoms in total. The Labute approximate surface area is 317 Å². The lowest BCUT2D eigenvalue weighted by Gasteiger charge is -2.35. The molecule has 0 radical (unpaired) electrons. The Morgan fingerprint density at radius 2 is 1.48 bits per heavy atom. The molecule has 15 heteroatoms. The van der Waals surface area contributed by atoms with Gasteiger partial charge in [-0.1, -0.05) is 42.5 Å². The van der Waals surface area contributed by atoms with E-state index in [1.165, 1.54) is 19.2 Å². The zero-order valence-electron chi connectivity index (χ0n) is 32.8. The van der Waals surface area contributed by atoms with Gasteiger partial charge >= 0.3 is 24.1 Å². The summed E-state index contributed by atoms with van der Waals surface area (Å²) in [7, 11) is 1.25. The number of likely N-dealkylation sites (tertiary alicyclic amines) is 1. The largest absolute Gasteiger partial charge is 0.509 e. The summed E-state index contributed by atoms with van der Waals surface area (Å²) in [5.41, 5.74) is -0.00304. The molecule has 1 aliphatic heterocycles. The van der Waals surface area contributed by atoms with Crippen LogP contribution in [0.2, 0.25) is 0 Å². The molecule has 3 rings (SSSR count). The highest BCUT2D eigenvalue weighted by Gasteiger charge is 2.38. The first-order valence-corrected chi connectivity index (χ1v) is 18.2. The number of ether oxygens (including phenoxy) is 5. The van der Waals surface area contributed by atoms with Gasteiger partial charge in [0.05, 0.1) is 31.7 Å². The number of non-ortho nitro benzene ring substituents is 1. The summed E-state index contributed by atoms with van der Waals surface area (Å²) in [6.07, 6.45) is -0.0481. The number of carbonyl (C=O) groups is 4. The van der Waals surface area contributed by atoms with E-state index in [1.807, 2.05) is 35.2 Å². The summed E-state index contributed by atoms with van der Waals surface area (Å²) in [4.78, 5) is 68.8. The van der Waals surface area contributed by atoms with Crippen LogP contribution in [0.4, 0.5) is 10.5 Å². The molecule has 3 atom stereocenters. The van der Waals surface area contributed by atoms with Gasteiger partial charge in [-0.2, -0.15) is 0 Å². The van der Waals surface area contributed by atoms with Crippen molar-refractivity contribution in [3.63, 3.8) is 0 Å². The topological polar surface area (TPSA) is 167 Å². The Morgan fingerprint density at radius 3 is 2.04 bits per heavy atom. The molecular weight excluding hydrogens is 700 g/mol. The van der Waals surface area contributed by atoms with Crippen LogP contribution in [-0.4, -0.2) is 120 Å². The number of nitrogens with zero attached hydrogens (tertiary/aromatic N) is 4. The molecule has 0 unspecified atom stereocenters. The lowest BCUT2D eigenvalue weighted by Crippen LogP contribution is -2.52. The van der Waals surface area contributed by atoms with Gasteiger partial charge in [-0.3, -0.25) is 39.2 Å². The van der Waals surface area contributed by atoms with Crippen LogP contribution in [-0.2, 0) is 51.0 Å². The summed E-state index contributed by atoms with van der Waals surface area (Å²) in [5.74, 6) is -1.63. The Hall–Kier alpha value is -4.60. The second kappa shape index (κ2) is 20.2. The van der Waals surface area contributed by atoms with Crippen LogP contribution in [0.15, 0.2) is 54.6 Å². The van der Waals surface area contributed by atoms with Crippen molar-refractivity contribution >= 4 is 29.8 Å². The first-order valence-electron chi connectivity index (χ1n) is 18.2. The minimum Gasteiger partial charge on any atom is -0.468 e. The maximum absolute atomic E-state index is 13.4. The third-order valence-electron chi connectivity index (χ3n) is 8.48. The molecule has 54 heavy (non-hydrogen) atoms. The van der Waals surface area contributed by atoms with Crippen molar-refractivity contribution in [2.45, 2.75) is 104 Å². The molecule has 0 spiro atoms. The number of esters is 3. The zero-order valence-corrected chi connectivity index (χ0v) is 32.8. The molecule has 2 aromatic rings. The van der Waals surface area contributed by atoms with Crippen molar-refractivity contribution in [3.05, 3.63) is 75.8 Å². The second-order valence-corrected chi connectivity index (χ2v) is 15.2. The first-order chi connectivity index (χ1) is 25.4. The highest BCUT2D eigenvalue weighted by Crippen LogP contribution is 2.29. The van der Waals surface area contributed by atoms with Gasteiger partial charge in [-0.15, -0.1) is 0 Å². The number of benzene rings is 2. The lowest BCUT2D eigenvalue weighted by molar-refractivity contribution is -0.384. The van der Waals surface area contributed by atoms with Gasteiger partial charge in [0.15, 0.2) is 6.23 Å². The van der Waals surface area contributed by atoms with E-state index < -0.39 is 52.5 Å². The Kier molecular flexibility index (Phi) is 16.4. The monoisotopic (exact) mass is 756 g/mol. The predicted molar refractivity (Wildman–Crippen MR) is 199 cm³/mol. The number of nitro groups is 1. The molecule has 2 aromatic carbocycles. The molecule has 0 aliphatic carbocycles. The molecule has 0 bridgehead atoms. The van der Waals surface area contributed by atoms with E-state index in [-0.39, 0.29) is 50.9 Å². The maximum atomic E-state index is 13.4.